The van der Waals surface area contributed by atoms with Crippen molar-refractivity contribution >= 4 is 33.4 Å². The lowest BCUT2D eigenvalue weighted by Gasteiger charge is -2.19. The number of ether oxygens (including phenoxy) is 1. The molecule has 180 valence electrons. The molecular formula is C24H26F2N4O3S. The summed E-state index contributed by atoms with van der Waals surface area (Å²) in [4.78, 5) is 31.0. The van der Waals surface area contributed by atoms with E-state index in [9.17, 15) is 18.4 Å². The first-order valence-electron chi connectivity index (χ1n) is 11.1. The Balaban J connectivity index is 1.56. The molecule has 7 nitrogen and oxygen atoms in total. The van der Waals surface area contributed by atoms with E-state index < -0.39 is 18.4 Å². The summed E-state index contributed by atoms with van der Waals surface area (Å²) >= 11 is 1.56. The Bertz CT molecular complexity index is 1200. The minimum Gasteiger partial charge on any atom is -0.457 e. The number of aromatic nitrogens is 1. The average Bonchev–Trinajstić information content (AvgIpc) is 3.38. The molecule has 1 saturated heterocycles. The molecule has 4 rings (SSSR count). The highest BCUT2D eigenvalue weighted by atomic mass is 32.1. The molecule has 10 heteroatoms. The van der Waals surface area contributed by atoms with Gasteiger partial charge in [-0.2, -0.15) is 0 Å². The van der Waals surface area contributed by atoms with Crippen molar-refractivity contribution in [3.63, 3.8) is 0 Å². The van der Waals surface area contributed by atoms with Crippen LogP contribution in [-0.2, 0) is 11.3 Å². The quantitative estimate of drug-likeness (QED) is 0.470. The first kappa shape index (κ1) is 24.0. The van der Waals surface area contributed by atoms with E-state index >= 15 is 0 Å². The maximum Gasteiger partial charge on any atom is 0.253 e. The van der Waals surface area contributed by atoms with Crippen LogP contribution >= 0.6 is 11.3 Å². The molecule has 1 atom stereocenters. The predicted molar refractivity (Wildman–Crippen MR) is 126 cm³/mol. The summed E-state index contributed by atoms with van der Waals surface area (Å²) in [7, 11) is 0. The molecule has 0 aliphatic carbocycles. The number of benzene rings is 2. The fourth-order valence-electron chi connectivity index (χ4n) is 3.79. The normalized spacial score (nSPS) is 14.7. The lowest BCUT2D eigenvalue weighted by Crippen LogP contribution is -2.34. The highest BCUT2D eigenvalue weighted by Gasteiger charge is 2.22. The van der Waals surface area contributed by atoms with Gasteiger partial charge >= 0.3 is 0 Å². The summed E-state index contributed by atoms with van der Waals surface area (Å²) in [6.07, 6.45) is -1.32. The van der Waals surface area contributed by atoms with E-state index in [-0.39, 0.29) is 18.9 Å². The topological polar surface area (TPSA) is 97.5 Å². The number of hydrogen-bond acceptors (Lipinski definition) is 6. The van der Waals surface area contributed by atoms with Crippen LogP contribution in [-0.4, -0.2) is 47.3 Å². The fraction of sp³-hybridized carbons (Fsp3) is 0.375. The largest absolute Gasteiger partial charge is 0.457 e. The monoisotopic (exact) mass is 488 g/mol. The summed E-state index contributed by atoms with van der Waals surface area (Å²) in [5.41, 5.74) is 7.32. The number of carbonyl (C=O) groups is 2. The zero-order valence-corrected chi connectivity index (χ0v) is 19.5. The molecule has 2 heterocycles. The van der Waals surface area contributed by atoms with Crippen LogP contribution in [0.3, 0.4) is 0 Å². The number of fused-ring (bicyclic) bond motifs is 1. The molecule has 1 aliphatic rings. The molecule has 0 spiro atoms. The number of carbonyl (C=O) groups excluding carboxylic acids is 2. The number of likely N-dealkylation sites (tertiary alicyclic amines) is 1. The smallest absolute Gasteiger partial charge is 0.253 e. The van der Waals surface area contributed by atoms with Crippen molar-refractivity contribution in [3.05, 3.63) is 52.5 Å². The molecule has 0 radical (unpaired) electrons. The molecule has 0 bridgehead atoms. The summed E-state index contributed by atoms with van der Waals surface area (Å²) in [5, 5.41) is 3.57. The van der Waals surface area contributed by atoms with Crippen LogP contribution in [0.4, 0.5) is 8.78 Å². The first-order chi connectivity index (χ1) is 16.3. The van der Waals surface area contributed by atoms with E-state index in [2.05, 4.69) is 10.3 Å². The van der Waals surface area contributed by atoms with Crippen LogP contribution in [0.5, 0.6) is 11.5 Å². The maximum atomic E-state index is 12.6. The minimum absolute atomic E-state index is 0.0315. The Kier molecular flexibility index (Phi) is 7.38. The number of hydrogen-bond donors (Lipinski definition) is 2. The summed E-state index contributed by atoms with van der Waals surface area (Å²) in [6, 6.07) is 9.30. The van der Waals surface area contributed by atoms with Gasteiger partial charge in [0.05, 0.1) is 21.3 Å². The van der Waals surface area contributed by atoms with Gasteiger partial charge in [-0.3, -0.25) is 9.59 Å². The highest BCUT2D eigenvalue weighted by Crippen LogP contribution is 2.32. The van der Waals surface area contributed by atoms with E-state index in [1.807, 2.05) is 25.1 Å². The number of alkyl halides is 2. The summed E-state index contributed by atoms with van der Waals surface area (Å²) < 4.78 is 32.3. The Hall–Kier alpha value is -3.11. The zero-order valence-electron chi connectivity index (χ0n) is 18.7. The number of nitrogens with two attached hydrogens (primary N) is 1. The van der Waals surface area contributed by atoms with Crippen LogP contribution in [0.15, 0.2) is 36.4 Å². The molecule has 1 unspecified atom stereocenters. The standard InChI is InChI=1S/C24H26F2N4O3S/c1-14-29-19-7-6-17(12-21(19)34-14)33-20-11-15(24(32)28-9-8-18(27)23(25)26)4-5-16(20)13-30-10-2-3-22(30)31/h4-7,11-12,18,23H,2-3,8-10,13,27H2,1H3,(H,28,32). The van der Waals surface area contributed by atoms with Gasteiger partial charge in [-0.15, -0.1) is 11.3 Å². The fourth-order valence-corrected chi connectivity index (χ4v) is 4.64. The van der Waals surface area contributed by atoms with Gasteiger partial charge in [0.1, 0.15) is 11.5 Å². The number of thiazole rings is 1. The van der Waals surface area contributed by atoms with Crippen molar-refractivity contribution in [3.8, 4) is 11.5 Å². The summed E-state index contributed by atoms with van der Waals surface area (Å²) in [5.74, 6) is 0.719. The molecule has 3 aromatic rings. The Morgan fingerprint density at radius 2 is 2.12 bits per heavy atom. The van der Waals surface area contributed by atoms with Crippen LogP contribution < -0.4 is 15.8 Å². The number of amides is 2. The first-order valence-corrected chi connectivity index (χ1v) is 11.9. The second-order valence-electron chi connectivity index (χ2n) is 8.25. The average molecular weight is 489 g/mol. The third kappa shape index (κ3) is 5.68. The van der Waals surface area contributed by atoms with Gasteiger partial charge in [0.25, 0.3) is 12.3 Å². The second kappa shape index (κ2) is 10.4. The van der Waals surface area contributed by atoms with Crippen LogP contribution in [0.1, 0.15) is 40.2 Å². The highest BCUT2D eigenvalue weighted by molar-refractivity contribution is 7.18. The van der Waals surface area contributed by atoms with Gasteiger partial charge in [-0.1, -0.05) is 6.07 Å². The molecular weight excluding hydrogens is 462 g/mol. The predicted octanol–water partition coefficient (Wildman–Crippen LogP) is 4.23. The second-order valence-corrected chi connectivity index (χ2v) is 9.48. The Morgan fingerprint density at radius 3 is 2.85 bits per heavy atom. The van der Waals surface area contributed by atoms with Gasteiger partial charge < -0.3 is 20.7 Å². The molecule has 1 aliphatic heterocycles. The third-order valence-corrected chi connectivity index (χ3v) is 6.58. The molecule has 34 heavy (non-hydrogen) atoms. The number of rotatable bonds is 9. The van der Waals surface area contributed by atoms with Gasteiger partial charge in [-0.05, 0) is 44.0 Å². The molecule has 0 saturated carbocycles. The van der Waals surface area contributed by atoms with E-state index in [0.29, 0.717) is 36.6 Å². The van der Waals surface area contributed by atoms with Crippen molar-refractivity contribution < 1.29 is 23.1 Å². The Labute approximate surface area is 199 Å². The molecule has 2 amide bonds. The van der Waals surface area contributed by atoms with Crippen molar-refractivity contribution in [2.24, 2.45) is 5.73 Å². The lowest BCUT2D eigenvalue weighted by molar-refractivity contribution is -0.128. The molecule has 1 aromatic heterocycles. The van der Waals surface area contributed by atoms with Crippen molar-refractivity contribution in [2.75, 3.05) is 13.1 Å². The zero-order chi connectivity index (χ0) is 24.2. The van der Waals surface area contributed by atoms with Crippen LogP contribution in [0, 0.1) is 6.92 Å². The van der Waals surface area contributed by atoms with Crippen molar-refractivity contribution in [1.29, 1.82) is 0 Å². The van der Waals surface area contributed by atoms with Gasteiger partial charge in [0.2, 0.25) is 5.91 Å². The number of aryl methyl sites for hydroxylation is 1. The van der Waals surface area contributed by atoms with Crippen LogP contribution in [0.25, 0.3) is 10.2 Å². The lowest BCUT2D eigenvalue weighted by atomic mass is 10.1. The van der Waals surface area contributed by atoms with Crippen LogP contribution in [0.2, 0.25) is 0 Å². The SMILES string of the molecule is Cc1nc2ccc(Oc3cc(C(=O)NCCC(N)C(F)F)ccc3CN3CCCC3=O)cc2s1. The van der Waals surface area contributed by atoms with Crippen molar-refractivity contribution in [1.82, 2.24) is 15.2 Å². The van der Waals surface area contributed by atoms with E-state index in [1.54, 1.807) is 34.4 Å². The summed E-state index contributed by atoms with van der Waals surface area (Å²) in [6.45, 7) is 3.02. The number of halogens is 2. The van der Waals surface area contributed by atoms with E-state index in [4.69, 9.17) is 10.5 Å². The Morgan fingerprint density at radius 1 is 1.29 bits per heavy atom. The minimum atomic E-state index is -2.64. The molecule has 1 fully saturated rings. The van der Waals surface area contributed by atoms with E-state index in [0.717, 1.165) is 27.2 Å². The number of nitrogens with zero attached hydrogens (tertiary/aromatic N) is 2. The van der Waals surface area contributed by atoms with Gasteiger partial charge in [0.15, 0.2) is 0 Å². The molecule has 2 aromatic carbocycles. The molecule has 3 N–H and O–H groups in total. The van der Waals surface area contributed by atoms with E-state index in [1.165, 1.54) is 0 Å². The van der Waals surface area contributed by atoms with Gasteiger partial charge in [0, 0.05) is 43.2 Å². The third-order valence-electron chi connectivity index (χ3n) is 5.64. The van der Waals surface area contributed by atoms with Gasteiger partial charge in [-0.25, -0.2) is 13.8 Å². The van der Waals surface area contributed by atoms with Crippen molar-refractivity contribution in [2.45, 2.75) is 45.2 Å². The number of nitrogens with one attached hydrogen (secondary N) is 1. The maximum absolute atomic E-state index is 12.6.